The van der Waals surface area contributed by atoms with E-state index in [1.807, 2.05) is 42.5 Å². The van der Waals surface area contributed by atoms with Crippen molar-refractivity contribution in [2.75, 3.05) is 23.9 Å². The molecule has 0 saturated carbocycles. The maximum Gasteiger partial charge on any atom is 0.412 e. The number of nitrogens with zero attached hydrogens (tertiary/aromatic N) is 2. The Balaban J connectivity index is 1.24. The van der Waals surface area contributed by atoms with Gasteiger partial charge in [-0.3, -0.25) is 19.8 Å². The van der Waals surface area contributed by atoms with E-state index in [0.29, 0.717) is 29.4 Å². The van der Waals surface area contributed by atoms with Crippen molar-refractivity contribution in [2.45, 2.75) is 62.3 Å². The summed E-state index contributed by atoms with van der Waals surface area (Å²) in [6, 6.07) is 19.3. The molecular weight excluding hydrogens is 653 g/mol. The summed E-state index contributed by atoms with van der Waals surface area (Å²) < 4.78 is 16.2. The van der Waals surface area contributed by atoms with E-state index in [2.05, 4.69) is 15.6 Å². The van der Waals surface area contributed by atoms with Crippen LogP contribution in [0.4, 0.5) is 10.5 Å². The third kappa shape index (κ3) is 9.10. The van der Waals surface area contributed by atoms with Gasteiger partial charge in [-0.1, -0.05) is 42.5 Å². The molecule has 0 radical (unpaired) electrons. The van der Waals surface area contributed by atoms with Gasteiger partial charge in [-0.2, -0.15) is 0 Å². The SMILES string of the molecule is COc1ccc(COC(=O)C2=C(CCSc3ccc(NC(=O)OC(C)(C)C)cn3)CS[C@@H]3[C@H](NC(=O)Cc4ccccc4)C(=O)N23)cc1. The van der Waals surface area contributed by atoms with Crippen molar-refractivity contribution in [1.82, 2.24) is 15.2 Å². The second-order valence-corrected chi connectivity index (χ2v) is 14.3. The number of anilines is 1. The van der Waals surface area contributed by atoms with E-state index in [0.717, 1.165) is 21.7 Å². The van der Waals surface area contributed by atoms with Crippen LogP contribution in [0.15, 0.2) is 89.2 Å². The second kappa shape index (κ2) is 15.6. The van der Waals surface area contributed by atoms with E-state index < -0.39 is 29.1 Å². The highest BCUT2D eigenvalue weighted by Gasteiger charge is 2.54. The lowest BCUT2D eigenvalue weighted by molar-refractivity contribution is -0.153. The van der Waals surface area contributed by atoms with Gasteiger partial charge in [0.2, 0.25) is 5.91 Å². The normalized spacial score (nSPS) is 17.2. The number of esters is 1. The van der Waals surface area contributed by atoms with Gasteiger partial charge in [0.15, 0.2) is 0 Å². The predicted molar refractivity (Wildman–Crippen MR) is 184 cm³/mol. The number of fused-ring (bicyclic) bond motifs is 1. The van der Waals surface area contributed by atoms with Gasteiger partial charge in [-0.15, -0.1) is 23.5 Å². The third-order valence-electron chi connectivity index (χ3n) is 7.33. The molecule has 3 aromatic rings. The number of hydrogen-bond donors (Lipinski definition) is 2. The van der Waals surface area contributed by atoms with Crippen LogP contribution in [0.3, 0.4) is 0 Å². The Hall–Kier alpha value is -4.49. The lowest BCUT2D eigenvalue weighted by Gasteiger charge is -2.49. The number of hydrogen-bond acceptors (Lipinski definition) is 10. The summed E-state index contributed by atoms with van der Waals surface area (Å²) in [4.78, 5) is 57.8. The molecule has 3 heterocycles. The van der Waals surface area contributed by atoms with Crippen LogP contribution in [-0.2, 0) is 36.9 Å². The molecule has 0 bridgehead atoms. The van der Waals surface area contributed by atoms with E-state index in [-0.39, 0.29) is 30.5 Å². The zero-order valence-electron chi connectivity index (χ0n) is 27.2. The van der Waals surface area contributed by atoms with Crippen LogP contribution in [0.25, 0.3) is 0 Å². The molecule has 3 amide bonds. The van der Waals surface area contributed by atoms with Gasteiger partial charge in [0, 0.05) is 11.5 Å². The summed E-state index contributed by atoms with van der Waals surface area (Å²) in [6.45, 7) is 5.40. The molecule has 0 unspecified atom stereocenters. The second-order valence-electron chi connectivity index (χ2n) is 12.1. The summed E-state index contributed by atoms with van der Waals surface area (Å²) in [5, 5.41) is 5.85. The molecule has 1 aromatic heterocycles. The largest absolute Gasteiger partial charge is 0.497 e. The van der Waals surface area contributed by atoms with Crippen LogP contribution in [0.1, 0.15) is 38.3 Å². The number of carbonyl (C=O) groups is 4. The first-order chi connectivity index (χ1) is 23.0. The Morgan fingerprint density at radius 2 is 1.77 bits per heavy atom. The highest BCUT2D eigenvalue weighted by Crippen LogP contribution is 2.42. The van der Waals surface area contributed by atoms with Crippen molar-refractivity contribution in [1.29, 1.82) is 0 Å². The van der Waals surface area contributed by atoms with E-state index in [1.54, 1.807) is 58.3 Å². The van der Waals surface area contributed by atoms with Crippen molar-refractivity contribution in [3.05, 3.63) is 95.3 Å². The van der Waals surface area contributed by atoms with E-state index >= 15 is 0 Å². The fraction of sp³-hybridized carbons (Fsp3) is 0.343. The molecule has 2 N–H and O–H groups in total. The van der Waals surface area contributed by atoms with Crippen LogP contribution in [-0.4, -0.2) is 69.4 Å². The van der Waals surface area contributed by atoms with Gasteiger partial charge >= 0.3 is 12.1 Å². The average molecular weight is 691 g/mol. The molecule has 252 valence electrons. The molecule has 2 aromatic carbocycles. The standard InChI is InChI=1S/C35H38N4O7S2/c1-35(2,3)46-34(43)37-25-12-15-28(36-19-25)47-17-16-24-21-48-32-29(38-27(40)18-22-8-6-5-7-9-22)31(41)39(32)30(24)33(42)45-20-23-10-13-26(44-4)14-11-23/h5-15,19,29,32H,16-18,20-21H2,1-4H3,(H,37,43)(H,38,40)/t29-,32-/m1/s1. The monoisotopic (exact) mass is 690 g/mol. The molecule has 2 aliphatic rings. The van der Waals surface area contributed by atoms with Crippen molar-refractivity contribution in [3.8, 4) is 5.75 Å². The van der Waals surface area contributed by atoms with Crippen LogP contribution in [0, 0.1) is 0 Å². The predicted octanol–water partition coefficient (Wildman–Crippen LogP) is 5.56. The van der Waals surface area contributed by atoms with E-state index in [9.17, 15) is 19.2 Å². The summed E-state index contributed by atoms with van der Waals surface area (Å²) in [5.74, 6) is 0.586. The smallest absolute Gasteiger partial charge is 0.412 e. The lowest BCUT2D eigenvalue weighted by Crippen LogP contribution is -2.70. The maximum atomic E-state index is 13.6. The topological polar surface area (TPSA) is 136 Å². The Labute approximate surface area is 288 Å². The minimum absolute atomic E-state index is 0.0268. The molecular formula is C35H38N4O7S2. The molecule has 5 rings (SSSR count). The molecule has 1 fully saturated rings. The first-order valence-corrected chi connectivity index (χ1v) is 17.4. The zero-order valence-corrected chi connectivity index (χ0v) is 28.8. The number of β-lactam (4-membered cyclic amide) rings is 1. The van der Waals surface area contributed by atoms with Crippen molar-refractivity contribution < 1.29 is 33.4 Å². The highest BCUT2D eigenvalue weighted by atomic mass is 32.2. The fourth-order valence-corrected chi connectivity index (χ4v) is 7.29. The van der Waals surface area contributed by atoms with Crippen molar-refractivity contribution in [3.63, 3.8) is 0 Å². The zero-order chi connectivity index (χ0) is 34.3. The average Bonchev–Trinajstić information content (AvgIpc) is 3.06. The molecule has 0 aliphatic carbocycles. The van der Waals surface area contributed by atoms with Crippen LogP contribution in [0.5, 0.6) is 5.75 Å². The Bertz CT molecular complexity index is 1660. The number of aromatic nitrogens is 1. The molecule has 48 heavy (non-hydrogen) atoms. The first kappa shape index (κ1) is 34.8. The van der Waals surface area contributed by atoms with Crippen LogP contribution in [0.2, 0.25) is 0 Å². The highest BCUT2D eigenvalue weighted by molar-refractivity contribution is 8.00. The van der Waals surface area contributed by atoms with Gasteiger partial charge < -0.3 is 19.5 Å². The molecule has 13 heteroatoms. The van der Waals surface area contributed by atoms with Crippen LogP contribution < -0.4 is 15.4 Å². The van der Waals surface area contributed by atoms with Gasteiger partial charge in [-0.25, -0.2) is 14.6 Å². The van der Waals surface area contributed by atoms with Gasteiger partial charge in [0.25, 0.3) is 5.91 Å². The summed E-state index contributed by atoms with van der Waals surface area (Å²) in [5.41, 5.74) is 2.54. The molecule has 0 spiro atoms. The molecule has 2 aliphatic heterocycles. The number of pyridine rings is 1. The minimum Gasteiger partial charge on any atom is -0.497 e. The van der Waals surface area contributed by atoms with E-state index in [1.165, 1.54) is 28.4 Å². The number of rotatable bonds is 12. The number of thioether (sulfide) groups is 2. The maximum absolute atomic E-state index is 13.6. The van der Waals surface area contributed by atoms with E-state index in [4.69, 9.17) is 14.2 Å². The number of nitrogens with one attached hydrogen (secondary N) is 2. The van der Waals surface area contributed by atoms with Gasteiger partial charge in [-0.05, 0) is 68.2 Å². The number of carbonyl (C=O) groups excluding carboxylic acids is 4. The Morgan fingerprint density at radius 1 is 1.02 bits per heavy atom. The number of benzene rings is 2. The number of ether oxygens (including phenoxy) is 3. The van der Waals surface area contributed by atoms with Crippen molar-refractivity contribution >= 4 is 53.1 Å². The van der Waals surface area contributed by atoms with Gasteiger partial charge in [0.1, 0.15) is 35.1 Å². The number of methoxy groups -OCH3 is 1. The Morgan fingerprint density at radius 3 is 2.44 bits per heavy atom. The molecule has 1 saturated heterocycles. The number of amides is 3. The third-order valence-corrected chi connectivity index (χ3v) is 9.61. The lowest BCUT2D eigenvalue weighted by atomic mass is 10.0. The summed E-state index contributed by atoms with van der Waals surface area (Å²) >= 11 is 3.00. The fourth-order valence-electron chi connectivity index (χ4n) is 5.05. The summed E-state index contributed by atoms with van der Waals surface area (Å²) in [6.07, 6.45) is 1.66. The Kier molecular flexibility index (Phi) is 11.3. The van der Waals surface area contributed by atoms with Gasteiger partial charge in [0.05, 0.1) is 30.4 Å². The minimum atomic E-state index is -0.733. The van der Waals surface area contributed by atoms with Crippen LogP contribution >= 0.6 is 23.5 Å². The summed E-state index contributed by atoms with van der Waals surface area (Å²) in [7, 11) is 1.58. The molecule has 2 atom stereocenters. The van der Waals surface area contributed by atoms with Crippen molar-refractivity contribution in [2.24, 2.45) is 0 Å². The quantitative estimate of drug-likeness (QED) is 0.141. The first-order valence-electron chi connectivity index (χ1n) is 15.4. The molecule has 11 nitrogen and oxygen atoms in total.